The molecule has 0 bridgehead atoms. The summed E-state index contributed by atoms with van der Waals surface area (Å²) in [6.45, 7) is 0. The second kappa shape index (κ2) is 9.23. The van der Waals surface area contributed by atoms with E-state index < -0.39 is 0 Å². The van der Waals surface area contributed by atoms with E-state index in [0.29, 0.717) is 0 Å². The van der Waals surface area contributed by atoms with Crippen molar-refractivity contribution in [3.63, 3.8) is 0 Å². The topological polar surface area (TPSA) is 30.7 Å². The van der Waals surface area contributed by atoms with Crippen LogP contribution in [-0.2, 0) is 6.42 Å². The molecule has 0 amide bonds. The van der Waals surface area contributed by atoms with Crippen molar-refractivity contribution in [3.8, 4) is 28.3 Å². The molecular formula is C38H25N3S. The van der Waals surface area contributed by atoms with Gasteiger partial charge in [0, 0.05) is 42.1 Å². The van der Waals surface area contributed by atoms with E-state index in [1.54, 1.807) is 0 Å². The van der Waals surface area contributed by atoms with Gasteiger partial charge in [-0.05, 0) is 48.2 Å². The van der Waals surface area contributed by atoms with E-state index >= 15 is 0 Å². The average molecular weight is 556 g/mol. The van der Waals surface area contributed by atoms with Crippen molar-refractivity contribution in [1.82, 2.24) is 14.5 Å². The number of aromatic nitrogens is 3. The predicted molar refractivity (Wildman–Crippen MR) is 177 cm³/mol. The van der Waals surface area contributed by atoms with Gasteiger partial charge in [0.05, 0.1) is 28.6 Å². The number of fused-ring (bicyclic) bond motifs is 9. The maximum atomic E-state index is 5.23. The molecule has 1 aliphatic rings. The van der Waals surface area contributed by atoms with Crippen LogP contribution in [0.1, 0.15) is 17.5 Å². The Labute approximate surface area is 247 Å². The van der Waals surface area contributed by atoms with E-state index in [9.17, 15) is 0 Å². The molecule has 3 heterocycles. The fourth-order valence-electron chi connectivity index (χ4n) is 6.66. The van der Waals surface area contributed by atoms with E-state index in [4.69, 9.17) is 9.97 Å². The lowest BCUT2D eigenvalue weighted by Crippen LogP contribution is -2.03. The number of nitrogens with zero attached hydrogens (tertiary/aromatic N) is 3. The molecule has 4 heteroatoms. The number of hydrogen-bond acceptors (Lipinski definition) is 3. The van der Waals surface area contributed by atoms with Gasteiger partial charge in [0.15, 0.2) is 5.82 Å². The van der Waals surface area contributed by atoms with Crippen molar-refractivity contribution < 1.29 is 0 Å². The van der Waals surface area contributed by atoms with Gasteiger partial charge in [-0.15, -0.1) is 11.3 Å². The van der Waals surface area contributed by atoms with Gasteiger partial charge in [-0.25, -0.2) is 9.97 Å². The highest BCUT2D eigenvalue weighted by Gasteiger charge is 2.24. The molecule has 0 radical (unpaired) electrons. The first-order chi connectivity index (χ1) is 20.8. The van der Waals surface area contributed by atoms with Gasteiger partial charge in [0.1, 0.15) is 0 Å². The summed E-state index contributed by atoms with van der Waals surface area (Å²) in [5.74, 6) is 0.727. The fraction of sp³-hybridized carbons (Fsp3) is 0.0526. The Bertz CT molecular complexity index is 2340. The van der Waals surface area contributed by atoms with Gasteiger partial charge in [0.2, 0.25) is 0 Å². The Morgan fingerprint density at radius 3 is 2.24 bits per heavy atom. The summed E-state index contributed by atoms with van der Waals surface area (Å²) in [6.07, 6.45) is 8.83. The molecule has 0 spiro atoms. The lowest BCUT2D eigenvalue weighted by atomic mass is 9.92. The number of benzene rings is 5. The zero-order valence-corrected chi connectivity index (χ0v) is 23.6. The smallest absolute Gasteiger partial charge is 0.159 e. The van der Waals surface area contributed by atoms with Crippen LogP contribution in [0.4, 0.5) is 0 Å². The molecule has 3 aromatic heterocycles. The Balaban J connectivity index is 1.45. The van der Waals surface area contributed by atoms with Crippen LogP contribution in [0.5, 0.6) is 0 Å². The number of hydrogen-bond donors (Lipinski definition) is 0. The molecular weight excluding hydrogens is 531 g/mol. The molecule has 0 atom stereocenters. The second-order valence-electron chi connectivity index (χ2n) is 10.9. The van der Waals surface area contributed by atoms with Crippen LogP contribution >= 0.6 is 11.3 Å². The standard InChI is InChI=1S/C38H25N3S/c1-3-12-25(13-4-1)37-31(23-39-38(40-37)26-14-5-2-6-15-26)41-29-20-19-24-11-7-8-16-27(24)34(29)36-30(41)21-22-33-35(36)28-17-9-10-18-32(28)42-33/h1-6,8-10,12-23H,7,11H2. The molecule has 0 saturated heterocycles. The van der Waals surface area contributed by atoms with Crippen LogP contribution in [0.2, 0.25) is 0 Å². The van der Waals surface area contributed by atoms with Gasteiger partial charge >= 0.3 is 0 Å². The highest BCUT2D eigenvalue weighted by Crippen LogP contribution is 2.46. The minimum atomic E-state index is 0.727. The largest absolute Gasteiger partial charge is 0.306 e. The summed E-state index contributed by atoms with van der Waals surface area (Å²) in [4.78, 5) is 10.2. The van der Waals surface area contributed by atoms with Crippen LogP contribution in [0.15, 0.2) is 121 Å². The molecule has 8 aromatic rings. The summed E-state index contributed by atoms with van der Waals surface area (Å²) in [5.41, 5.74) is 9.11. The first-order valence-corrected chi connectivity index (χ1v) is 15.2. The predicted octanol–water partition coefficient (Wildman–Crippen LogP) is 10.2. The van der Waals surface area contributed by atoms with Crippen molar-refractivity contribution in [2.24, 2.45) is 0 Å². The van der Waals surface area contributed by atoms with Crippen LogP contribution in [0.25, 0.3) is 76.4 Å². The van der Waals surface area contributed by atoms with Crippen molar-refractivity contribution in [1.29, 1.82) is 0 Å². The Morgan fingerprint density at radius 2 is 1.38 bits per heavy atom. The quantitative estimate of drug-likeness (QED) is 0.217. The molecule has 5 aromatic carbocycles. The van der Waals surface area contributed by atoms with E-state index in [2.05, 4.69) is 108 Å². The van der Waals surface area contributed by atoms with Crippen LogP contribution in [0, 0.1) is 0 Å². The highest BCUT2D eigenvalue weighted by molar-refractivity contribution is 7.26. The van der Waals surface area contributed by atoms with E-state index in [-0.39, 0.29) is 0 Å². The summed E-state index contributed by atoms with van der Waals surface area (Å²) in [6, 6.07) is 38.8. The van der Waals surface area contributed by atoms with Crippen molar-refractivity contribution in [3.05, 3.63) is 133 Å². The zero-order chi connectivity index (χ0) is 27.6. The third kappa shape index (κ3) is 3.45. The molecule has 198 valence electrons. The summed E-state index contributed by atoms with van der Waals surface area (Å²) >= 11 is 1.88. The Kier molecular flexibility index (Phi) is 5.19. The van der Waals surface area contributed by atoms with Crippen molar-refractivity contribution in [2.45, 2.75) is 12.8 Å². The minimum Gasteiger partial charge on any atom is -0.306 e. The molecule has 42 heavy (non-hydrogen) atoms. The van der Waals surface area contributed by atoms with Crippen LogP contribution < -0.4 is 0 Å². The Hall–Kier alpha value is -5.06. The van der Waals surface area contributed by atoms with Gasteiger partial charge in [-0.2, -0.15) is 0 Å². The summed E-state index contributed by atoms with van der Waals surface area (Å²) in [5, 5.41) is 5.29. The molecule has 0 saturated carbocycles. The second-order valence-corrected chi connectivity index (χ2v) is 12.0. The maximum absolute atomic E-state index is 5.23. The zero-order valence-electron chi connectivity index (χ0n) is 22.8. The normalized spacial score (nSPS) is 13.0. The SMILES string of the molecule is C1=Cc2c(ccc3c2c2c4c(ccc2n3-c2cnc(-c3ccccc3)nc2-c2ccccc2)sc2ccccc24)CC1. The molecule has 0 N–H and O–H groups in total. The summed E-state index contributed by atoms with van der Waals surface area (Å²) < 4.78 is 5.04. The number of thiophene rings is 1. The monoisotopic (exact) mass is 555 g/mol. The maximum Gasteiger partial charge on any atom is 0.159 e. The van der Waals surface area contributed by atoms with Gasteiger partial charge in [-0.1, -0.05) is 97.1 Å². The molecule has 0 fully saturated rings. The van der Waals surface area contributed by atoms with E-state index in [1.807, 2.05) is 35.7 Å². The first kappa shape index (κ1) is 23.6. The third-order valence-electron chi connectivity index (χ3n) is 8.52. The van der Waals surface area contributed by atoms with Crippen LogP contribution in [0.3, 0.4) is 0 Å². The lowest BCUT2D eigenvalue weighted by molar-refractivity contribution is 0.989. The third-order valence-corrected chi connectivity index (χ3v) is 9.66. The first-order valence-electron chi connectivity index (χ1n) is 14.4. The van der Waals surface area contributed by atoms with Crippen LogP contribution in [-0.4, -0.2) is 14.5 Å². The minimum absolute atomic E-state index is 0.727. The van der Waals surface area contributed by atoms with Gasteiger partial charge < -0.3 is 4.57 Å². The number of rotatable bonds is 3. The number of allylic oxidation sites excluding steroid dienone is 1. The molecule has 3 nitrogen and oxygen atoms in total. The highest BCUT2D eigenvalue weighted by atomic mass is 32.1. The van der Waals surface area contributed by atoms with Crippen molar-refractivity contribution >= 4 is 59.4 Å². The molecule has 1 aliphatic carbocycles. The number of aryl methyl sites for hydroxylation is 1. The molecule has 0 unspecified atom stereocenters. The summed E-state index contributed by atoms with van der Waals surface area (Å²) in [7, 11) is 0. The lowest BCUT2D eigenvalue weighted by Gasteiger charge is -2.15. The fourth-order valence-corrected chi connectivity index (χ4v) is 7.77. The van der Waals surface area contributed by atoms with E-state index in [0.717, 1.165) is 41.2 Å². The van der Waals surface area contributed by atoms with E-state index in [1.165, 1.54) is 53.1 Å². The van der Waals surface area contributed by atoms with Gasteiger partial charge in [-0.3, -0.25) is 0 Å². The van der Waals surface area contributed by atoms with Gasteiger partial charge in [0.25, 0.3) is 0 Å². The Morgan fingerprint density at radius 1 is 0.643 bits per heavy atom. The molecule has 9 rings (SSSR count). The molecule has 0 aliphatic heterocycles. The average Bonchev–Trinajstić information content (AvgIpc) is 3.61. The van der Waals surface area contributed by atoms with Crippen molar-refractivity contribution in [2.75, 3.05) is 0 Å².